The lowest BCUT2D eigenvalue weighted by Crippen LogP contribution is -2.48. The fourth-order valence-electron chi connectivity index (χ4n) is 5.01. The van der Waals surface area contributed by atoms with Gasteiger partial charge in [0.1, 0.15) is 0 Å². The van der Waals surface area contributed by atoms with Gasteiger partial charge in [-0.15, -0.1) is 0 Å². The van der Waals surface area contributed by atoms with E-state index in [-0.39, 0.29) is 0 Å². The summed E-state index contributed by atoms with van der Waals surface area (Å²) in [4.78, 5) is 30.6. The molecule has 0 aromatic heterocycles. The van der Waals surface area contributed by atoms with E-state index >= 15 is 0 Å². The smallest absolute Gasteiger partial charge is 0.222 e. The fourth-order valence-corrected chi connectivity index (χ4v) is 5.01. The van der Waals surface area contributed by atoms with Gasteiger partial charge in [0.05, 0.1) is 0 Å². The lowest BCUT2D eigenvalue weighted by atomic mass is 9.94. The monoisotopic (exact) mass is 551 g/mol. The van der Waals surface area contributed by atoms with Gasteiger partial charge in [0.25, 0.3) is 0 Å². The molecule has 5 heteroatoms. The SMILES string of the molecule is CC.CC.CCC1CCN(C(=O)CCc2ccccc2)CC1.CCN1CCN(C(=O)CCc2ccccc2)CC1. The van der Waals surface area contributed by atoms with Crippen LogP contribution in [0.4, 0.5) is 0 Å². The topological polar surface area (TPSA) is 43.9 Å². The molecule has 0 saturated carbocycles. The average molecular weight is 552 g/mol. The molecule has 0 aliphatic carbocycles. The van der Waals surface area contributed by atoms with Crippen molar-refractivity contribution in [3.8, 4) is 0 Å². The Morgan fingerprint density at radius 2 is 1.02 bits per heavy atom. The zero-order chi connectivity index (χ0) is 29.6. The third-order valence-corrected chi connectivity index (χ3v) is 7.66. The van der Waals surface area contributed by atoms with Crippen LogP contribution in [-0.4, -0.2) is 72.3 Å². The van der Waals surface area contributed by atoms with Crippen molar-refractivity contribution in [3.05, 3.63) is 71.8 Å². The number of carbonyl (C=O) groups is 2. The number of piperazine rings is 1. The lowest BCUT2D eigenvalue weighted by molar-refractivity contribution is -0.133. The second-order valence-corrected chi connectivity index (χ2v) is 10.0. The Kier molecular flexibility index (Phi) is 19.5. The summed E-state index contributed by atoms with van der Waals surface area (Å²) in [5.41, 5.74) is 2.51. The standard InChI is InChI=1S/C16H23NO.C15H22N2O.2C2H6/c1-2-14-10-12-17(13-11-14)16(18)9-8-15-6-4-3-5-7-15;1-2-16-10-12-17(13-11-16)15(18)9-8-14-6-4-3-5-7-14;2*1-2/h3-7,14H,2,8-13H2,1H3;3-7H,2,8-13H2,1H3;2*1-2H3. The van der Waals surface area contributed by atoms with E-state index in [0.717, 1.165) is 64.6 Å². The van der Waals surface area contributed by atoms with Crippen molar-refractivity contribution in [1.82, 2.24) is 14.7 Å². The van der Waals surface area contributed by atoms with Crippen LogP contribution >= 0.6 is 0 Å². The maximum absolute atomic E-state index is 12.1. The van der Waals surface area contributed by atoms with Crippen molar-refractivity contribution < 1.29 is 9.59 Å². The number of rotatable bonds is 8. The summed E-state index contributed by atoms with van der Waals surface area (Å²) in [6.45, 7) is 19.3. The first-order valence-corrected chi connectivity index (χ1v) is 15.9. The normalized spacial score (nSPS) is 15.4. The molecule has 0 bridgehead atoms. The highest BCUT2D eigenvalue weighted by Crippen LogP contribution is 2.20. The Morgan fingerprint density at radius 3 is 1.40 bits per heavy atom. The Bertz CT molecular complexity index is 812. The minimum atomic E-state index is 0.301. The van der Waals surface area contributed by atoms with Crippen LogP contribution in [0, 0.1) is 5.92 Å². The highest BCUT2D eigenvalue weighted by atomic mass is 16.2. The Morgan fingerprint density at radius 1 is 0.625 bits per heavy atom. The Hall–Kier alpha value is -2.66. The first-order chi connectivity index (χ1) is 19.6. The maximum atomic E-state index is 12.1. The summed E-state index contributed by atoms with van der Waals surface area (Å²) >= 11 is 0. The van der Waals surface area contributed by atoms with E-state index in [1.165, 1.54) is 30.4 Å². The van der Waals surface area contributed by atoms with Crippen molar-refractivity contribution in [1.29, 1.82) is 0 Å². The van der Waals surface area contributed by atoms with E-state index < -0.39 is 0 Å². The summed E-state index contributed by atoms with van der Waals surface area (Å²) in [7, 11) is 0. The molecular formula is C35H57N3O2. The molecule has 0 N–H and O–H groups in total. The summed E-state index contributed by atoms with van der Waals surface area (Å²) in [5, 5.41) is 0. The molecule has 2 aromatic rings. The summed E-state index contributed by atoms with van der Waals surface area (Å²) < 4.78 is 0. The van der Waals surface area contributed by atoms with Crippen LogP contribution in [0.15, 0.2) is 60.7 Å². The summed E-state index contributed by atoms with van der Waals surface area (Å²) in [6.07, 6.45) is 6.64. The minimum absolute atomic E-state index is 0.301. The number of likely N-dealkylation sites (N-methyl/N-ethyl adjacent to an activating group) is 1. The van der Waals surface area contributed by atoms with E-state index in [0.29, 0.717) is 24.7 Å². The predicted octanol–water partition coefficient (Wildman–Crippen LogP) is 7.10. The molecule has 5 nitrogen and oxygen atoms in total. The zero-order valence-corrected chi connectivity index (χ0v) is 26.4. The molecule has 2 heterocycles. The van der Waals surface area contributed by atoms with Crippen LogP contribution in [0.1, 0.15) is 84.8 Å². The highest BCUT2D eigenvalue weighted by Gasteiger charge is 2.21. The number of aryl methyl sites for hydroxylation is 2. The van der Waals surface area contributed by atoms with E-state index in [9.17, 15) is 9.59 Å². The maximum Gasteiger partial charge on any atom is 0.222 e. The lowest BCUT2D eigenvalue weighted by Gasteiger charge is -2.34. The van der Waals surface area contributed by atoms with Gasteiger partial charge in [0.2, 0.25) is 11.8 Å². The second kappa shape index (κ2) is 22.1. The van der Waals surface area contributed by atoms with Gasteiger partial charge in [0, 0.05) is 52.1 Å². The van der Waals surface area contributed by atoms with Crippen molar-refractivity contribution in [3.63, 3.8) is 0 Å². The van der Waals surface area contributed by atoms with E-state index in [1.807, 2.05) is 69.0 Å². The molecular weight excluding hydrogens is 494 g/mol. The number of benzene rings is 2. The van der Waals surface area contributed by atoms with Gasteiger partial charge in [-0.05, 0) is 49.3 Å². The molecule has 0 atom stereocenters. The van der Waals surface area contributed by atoms with Gasteiger partial charge in [0.15, 0.2) is 0 Å². The molecule has 0 radical (unpaired) electrons. The number of hydrogen-bond acceptors (Lipinski definition) is 3. The fraction of sp³-hybridized carbons (Fsp3) is 0.600. The zero-order valence-electron chi connectivity index (χ0n) is 26.4. The largest absolute Gasteiger partial charge is 0.343 e. The number of amides is 2. The number of likely N-dealkylation sites (tertiary alicyclic amines) is 1. The van der Waals surface area contributed by atoms with Crippen LogP contribution in [-0.2, 0) is 22.4 Å². The van der Waals surface area contributed by atoms with Gasteiger partial charge in [-0.1, -0.05) is 109 Å². The molecule has 2 saturated heterocycles. The number of hydrogen-bond donors (Lipinski definition) is 0. The predicted molar refractivity (Wildman–Crippen MR) is 171 cm³/mol. The summed E-state index contributed by atoms with van der Waals surface area (Å²) in [6, 6.07) is 20.5. The van der Waals surface area contributed by atoms with Crippen LogP contribution in [0.25, 0.3) is 0 Å². The Balaban J connectivity index is 0.000000356. The van der Waals surface area contributed by atoms with Crippen LogP contribution in [0.5, 0.6) is 0 Å². The van der Waals surface area contributed by atoms with Crippen molar-refractivity contribution >= 4 is 11.8 Å². The van der Waals surface area contributed by atoms with Gasteiger partial charge in [-0.25, -0.2) is 0 Å². The molecule has 4 rings (SSSR count). The van der Waals surface area contributed by atoms with Crippen LogP contribution in [0.2, 0.25) is 0 Å². The second-order valence-electron chi connectivity index (χ2n) is 10.0. The van der Waals surface area contributed by atoms with Crippen LogP contribution in [0.3, 0.4) is 0 Å². The quantitative estimate of drug-likeness (QED) is 0.351. The molecule has 2 aliphatic rings. The third-order valence-electron chi connectivity index (χ3n) is 7.66. The van der Waals surface area contributed by atoms with Crippen molar-refractivity contribution in [2.24, 2.45) is 5.92 Å². The van der Waals surface area contributed by atoms with E-state index in [2.05, 4.69) is 47.9 Å². The van der Waals surface area contributed by atoms with Gasteiger partial charge < -0.3 is 14.7 Å². The van der Waals surface area contributed by atoms with Crippen molar-refractivity contribution in [2.75, 3.05) is 45.8 Å². The Labute approximate surface area is 245 Å². The summed E-state index contributed by atoms with van der Waals surface area (Å²) in [5.74, 6) is 1.46. The molecule has 40 heavy (non-hydrogen) atoms. The van der Waals surface area contributed by atoms with Gasteiger partial charge in [-0.3, -0.25) is 9.59 Å². The first-order valence-electron chi connectivity index (χ1n) is 15.9. The third kappa shape index (κ3) is 13.6. The van der Waals surface area contributed by atoms with Gasteiger partial charge in [-0.2, -0.15) is 0 Å². The molecule has 2 aliphatic heterocycles. The molecule has 0 spiro atoms. The molecule has 2 fully saturated rings. The number of piperidine rings is 1. The number of nitrogens with zero attached hydrogens (tertiary/aromatic N) is 3. The highest BCUT2D eigenvalue weighted by molar-refractivity contribution is 5.77. The number of carbonyl (C=O) groups excluding carboxylic acids is 2. The van der Waals surface area contributed by atoms with E-state index in [4.69, 9.17) is 0 Å². The first kappa shape index (κ1) is 35.4. The average Bonchev–Trinajstić information content (AvgIpc) is 3.05. The minimum Gasteiger partial charge on any atom is -0.343 e. The molecule has 2 amide bonds. The van der Waals surface area contributed by atoms with Crippen LogP contribution < -0.4 is 0 Å². The molecule has 0 unspecified atom stereocenters. The van der Waals surface area contributed by atoms with Gasteiger partial charge >= 0.3 is 0 Å². The molecule has 224 valence electrons. The molecule has 2 aromatic carbocycles. The van der Waals surface area contributed by atoms with Crippen molar-refractivity contribution in [2.45, 2.75) is 86.5 Å². The van der Waals surface area contributed by atoms with E-state index in [1.54, 1.807) is 0 Å².